The van der Waals surface area contributed by atoms with E-state index in [1.807, 2.05) is 30.3 Å². The molecule has 1 heterocycles. The number of benzene rings is 3. The highest BCUT2D eigenvalue weighted by molar-refractivity contribution is 6.34. The molecule has 2 N–H and O–H groups in total. The van der Waals surface area contributed by atoms with Gasteiger partial charge in [0, 0.05) is 18.3 Å². The molecule has 3 aromatic rings. The van der Waals surface area contributed by atoms with Crippen molar-refractivity contribution in [3.63, 3.8) is 0 Å². The van der Waals surface area contributed by atoms with Crippen LogP contribution in [0.3, 0.4) is 0 Å². The second kappa shape index (κ2) is 10.1. The fourth-order valence-electron chi connectivity index (χ4n) is 3.82. The number of anilines is 1. The van der Waals surface area contributed by atoms with E-state index >= 15 is 0 Å². The van der Waals surface area contributed by atoms with Crippen molar-refractivity contribution in [2.45, 2.75) is 26.4 Å². The molecule has 32 heavy (non-hydrogen) atoms. The van der Waals surface area contributed by atoms with Crippen molar-refractivity contribution >= 4 is 23.2 Å². The quantitative estimate of drug-likeness (QED) is 0.474. The van der Waals surface area contributed by atoms with E-state index in [0.29, 0.717) is 36.3 Å². The molecular weight excluding hydrogens is 424 g/mol. The van der Waals surface area contributed by atoms with Crippen molar-refractivity contribution in [3.05, 3.63) is 88.4 Å². The SMILES string of the molecule is CC(C)C(NCc1cccc(NC(=O)c2ccccc2Cl)c1)c1ccc2c(c1)OCCO2. The molecule has 1 amide bonds. The Morgan fingerprint density at radius 1 is 0.969 bits per heavy atom. The van der Waals surface area contributed by atoms with Crippen LogP contribution in [0.1, 0.15) is 41.4 Å². The van der Waals surface area contributed by atoms with Gasteiger partial charge >= 0.3 is 0 Å². The summed E-state index contributed by atoms with van der Waals surface area (Å²) < 4.78 is 11.4. The van der Waals surface area contributed by atoms with Crippen molar-refractivity contribution in [3.8, 4) is 11.5 Å². The molecular formula is C26H27ClN2O3. The molecule has 0 radical (unpaired) electrons. The van der Waals surface area contributed by atoms with Crippen LogP contribution < -0.4 is 20.1 Å². The van der Waals surface area contributed by atoms with E-state index in [-0.39, 0.29) is 11.9 Å². The van der Waals surface area contributed by atoms with E-state index in [1.54, 1.807) is 24.3 Å². The molecule has 1 atom stereocenters. The number of ether oxygens (including phenoxy) is 2. The standard InChI is InChI=1S/C26H27ClN2O3/c1-17(2)25(19-10-11-23-24(15-19)32-13-12-31-23)28-16-18-6-5-7-20(14-18)29-26(30)21-8-3-4-9-22(21)27/h3-11,14-15,17,25,28H,12-13,16H2,1-2H3,(H,29,30). The monoisotopic (exact) mass is 450 g/mol. The number of halogens is 1. The van der Waals surface area contributed by atoms with E-state index < -0.39 is 0 Å². The van der Waals surface area contributed by atoms with Crippen molar-refractivity contribution < 1.29 is 14.3 Å². The Bertz CT molecular complexity index is 1100. The molecule has 0 aromatic heterocycles. The van der Waals surface area contributed by atoms with Crippen LogP contribution in [0.15, 0.2) is 66.7 Å². The summed E-state index contributed by atoms with van der Waals surface area (Å²) in [4.78, 5) is 12.6. The smallest absolute Gasteiger partial charge is 0.257 e. The first kappa shape index (κ1) is 22.2. The van der Waals surface area contributed by atoms with Crippen LogP contribution in [-0.2, 0) is 6.54 Å². The van der Waals surface area contributed by atoms with E-state index in [4.69, 9.17) is 21.1 Å². The third-order valence-electron chi connectivity index (χ3n) is 5.42. The Kier molecular flexibility index (Phi) is 6.98. The first-order valence-electron chi connectivity index (χ1n) is 10.8. The van der Waals surface area contributed by atoms with Gasteiger partial charge in [-0.05, 0) is 53.4 Å². The zero-order valence-electron chi connectivity index (χ0n) is 18.2. The van der Waals surface area contributed by atoms with Crippen molar-refractivity contribution in [1.82, 2.24) is 5.32 Å². The molecule has 1 unspecified atom stereocenters. The minimum Gasteiger partial charge on any atom is -0.486 e. The predicted octanol–water partition coefficient (Wildman–Crippen LogP) is 5.85. The molecule has 1 aliphatic rings. The van der Waals surface area contributed by atoms with Crippen LogP contribution in [0.25, 0.3) is 0 Å². The normalized spacial score (nSPS) is 13.6. The number of fused-ring (bicyclic) bond motifs is 1. The molecule has 0 saturated heterocycles. The first-order valence-corrected chi connectivity index (χ1v) is 11.2. The van der Waals surface area contributed by atoms with E-state index in [2.05, 4.69) is 36.6 Å². The number of hydrogen-bond donors (Lipinski definition) is 2. The molecule has 0 spiro atoms. The minimum atomic E-state index is -0.225. The van der Waals surface area contributed by atoms with Gasteiger partial charge in [0.05, 0.1) is 10.6 Å². The zero-order chi connectivity index (χ0) is 22.5. The third kappa shape index (κ3) is 5.23. The van der Waals surface area contributed by atoms with Gasteiger partial charge in [0.2, 0.25) is 0 Å². The Morgan fingerprint density at radius 2 is 1.75 bits per heavy atom. The summed E-state index contributed by atoms with van der Waals surface area (Å²) in [6.07, 6.45) is 0. The van der Waals surface area contributed by atoms with Gasteiger partial charge in [-0.2, -0.15) is 0 Å². The Hall–Kier alpha value is -3.02. The summed E-state index contributed by atoms with van der Waals surface area (Å²) in [7, 11) is 0. The average Bonchev–Trinajstić information content (AvgIpc) is 2.79. The van der Waals surface area contributed by atoms with E-state index in [9.17, 15) is 4.79 Å². The zero-order valence-corrected chi connectivity index (χ0v) is 19.0. The number of hydrogen-bond acceptors (Lipinski definition) is 4. The second-order valence-electron chi connectivity index (χ2n) is 8.14. The lowest BCUT2D eigenvalue weighted by Crippen LogP contribution is -2.26. The van der Waals surface area contributed by atoms with Gasteiger partial charge in [-0.25, -0.2) is 0 Å². The average molecular weight is 451 g/mol. The highest BCUT2D eigenvalue weighted by Gasteiger charge is 2.19. The van der Waals surface area contributed by atoms with E-state index in [0.717, 1.165) is 28.3 Å². The number of rotatable bonds is 7. The van der Waals surface area contributed by atoms with Crippen LogP contribution >= 0.6 is 11.6 Å². The van der Waals surface area contributed by atoms with Crippen molar-refractivity contribution in [2.24, 2.45) is 5.92 Å². The van der Waals surface area contributed by atoms with Gasteiger partial charge in [0.25, 0.3) is 5.91 Å². The summed E-state index contributed by atoms with van der Waals surface area (Å²) in [5.41, 5.74) is 3.42. The summed E-state index contributed by atoms with van der Waals surface area (Å²) in [5, 5.41) is 7.02. The first-order chi connectivity index (χ1) is 15.5. The fourth-order valence-corrected chi connectivity index (χ4v) is 4.04. The van der Waals surface area contributed by atoms with Crippen LogP contribution in [0.2, 0.25) is 5.02 Å². The molecule has 4 rings (SSSR count). The van der Waals surface area contributed by atoms with Gasteiger partial charge in [0.1, 0.15) is 13.2 Å². The molecule has 0 saturated carbocycles. The largest absolute Gasteiger partial charge is 0.486 e. The van der Waals surface area contributed by atoms with Gasteiger partial charge in [-0.15, -0.1) is 0 Å². The van der Waals surface area contributed by atoms with Crippen molar-refractivity contribution in [1.29, 1.82) is 0 Å². The number of carbonyl (C=O) groups is 1. The fraction of sp³-hybridized carbons (Fsp3) is 0.269. The van der Waals surface area contributed by atoms with Crippen LogP contribution in [0.5, 0.6) is 11.5 Å². The molecule has 5 nitrogen and oxygen atoms in total. The molecule has 1 aliphatic heterocycles. The Balaban J connectivity index is 1.44. The maximum absolute atomic E-state index is 12.6. The molecule has 6 heteroatoms. The van der Waals surface area contributed by atoms with Crippen LogP contribution in [0.4, 0.5) is 5.69 Å². The third-order valence-corrected chi connectivity index (χ3v) is 5.75. The van der Waals surface area contributed by atoms with Gasteiger partial charge < -0.3 is 20.1 Å². The highest BCUT2D eigenvalue weighted by atomic mass is 35.5. The molecule has 166 valence electrons. The lowest BCUT2D eigenvalue weighted by molar-refractivity contribution is 0.102. The van der Waals surface area contributed by atoms with Crippen molar-refractivity contribution in [2.75, 3.05) is 18.5 Å². The number of carbonyl (C=O) groups excluding carboxylic acids is 1. The number of nitrogens with one attached hydrogen (secondary N) is 2. The number of amides is 1. The van der Waals surface area contributed by atoms with Crippen LogP contribution in [0, 0.1) is 5.92 Å². The molecule has 0 fully saturated rings. The summed E-state index contributed by atoms with van der Waals surface area (Å²) in [6.45, 7) is 6.20. The lowest BCUT2D eigenvalue weighted by atomic mass is 9.95. The van der Waals surface area contributed by atoms with Gasteiger partial charge in [-0.3, -0.25) is 4.79 Å². The Labute approximate surface area is 193 Å². The lowest BCUT2D eigenvalue weighted by Gasteiger charge is -2.25. The Morgan fingerprint density at radius 3 is 2.53 bits per heavy atom. The summed E-state index contributed by atoms with van der Waals surface area (Å²) >= 11 is 6.15. The second-order valence-corrected chi connectivity index (χ2v) is 8.55. The van der Waals surface area contributed by atoms with Crippen LogP contribution in [-0.4, -0.2) is 19.1 Å². The van der Waals surface area contributed by atoms with Gasteiger partial charge in [-0.1, -0.05) is 55.8 Å². The molecule has 3 aromatic carbocycles. The molecule has 0 aliphatic carbocycles. The maximum Gasteiger partial charge on any atom is 0.257 e. The molecule has 0 bridgehead atoms. The topological polar surface area (TPSA) is 59.6 Å². The highest BCUT2D eigenvalue weighted by Crippen LogP contribution is 2.34. The van der Waals surface area contributed by atoms with E-state index in [1.165, 1.54) is 0 Å². The maximum atomic E-state index is 12.6. The summed E-state index contributed by atoms with van der Waals surface area (Å²) in [5.74, 6) is 1.74. The predicted molar refractivity (Wildman–Crippen MR) is 128 cm³/mol. The minimum absolute atomic E-state index is 0.146. The summed E-state index contributed by atoms with van der Waals surface area (Å²) in [6, 6.07) is 21.1. The van der Waals surface area contributed by atoms with Gasteiger partial charge in [0.15, 0.2) is 11.5 Å².